The summed E-state index contributed by atoms with van der Waals surface area (Å²) in [6, 6.07) is 9.14. The van der Waals surface area contributed by atoms with Gasteiger partial charge in [0, 0.05) is 20.3 Å². The van der Waals surface area contributed by atoms with Gasteiger partial charge in [-0.25, -0.2) is 9.97 Å². The number of aliphatic hydroxyl groups excluding tert-OH is 2. The number of methoxy groups -OCH3 is 1. The number of aliphatic hydroxyl groups is 2. The number of hydrogen-bond donors (Lipinski definition) is 3. The molecule has 0 radical (unpaired) electrons. The zero-order chi connectivity index (χ0) is 23.4. The number of ether oxygens (including phenoxy) is 3. The van der Waals surface area contributed by atoms with Crippen molar-refractivity contribution in [3.05, 3.63) is 41.7 Å². The molecule has 1 aliphatic rings. The van der Waals surface area contributed by atoms with Gasteiger partial charge >= 0.3 is 0 Å². The molecule has 1 fully saturated rings. The zero-order valence-electron chi connectivity index (χ0n) is 18.4. The molecule has 2 aromatic heterocycles. The Hall–Kier alpha value is -3.30. The number of rotatable bonds is 9. The van der Waals surface area contributed by atoms with Crippen molar-refractivity contribution in [2.75, 3.05) is 25.6 Å². The van der Waals surface area contributed by atoms with E-state index < -0.39 is 24.5 Å². The number of anilines is 1. The molecule has 0 saturated carbocycles. The van der Waals surface area contributed by atoms with Gasteiger partial charge in [-0.1, -0.05) is 12.1 Å². The third-order valence-electron chi connectivity index (χ3n) is 5.44. The Morgan fingerprint density at radius 1 is 1.21 bits per heavy atom. The summed E-state index contributed by atoms with van der Waals surface area (Å²) in [7, 11) is 1.63. The molecular weight excluding hydrogens is 428 g/mol. The molecule has 0 spiro atoms. The molecule has 0 aliphatic carbocycles. The second-order valence-electron chi connectivity index (χ2n) is 7.74. The van der Waals surface area contributed by atoms with E-state index in [1.165, 1.54) is 6.33 Å². The first kappa shape index (κ1) is 22.9. The number of nitrogens with one attached hydrogen (secondary N) is 1. The first-order valence-electron chi connectivity index (χ1n) is 10.6. The minimum atomic E-state index is -1.16. The van der Waals surface area contributed by atoms with Crippen molar-refractivity contribution in [3.8, 4) is 11.9 Å². The largest absolute Gasteiger partial charge is 0.471 e. The summed E-state index contributed by atoms with van der Waals surface area (Å²) in [5.41, 5.74) is 2.23. The normalized spacial score (nSPS) is 22.4. The molecule has 3 heterocycles. The monoisotopic (exact) mass is 454 g/mol. The Labute approximate surface area is 190 Å². The average Bonchev–Trinajstić information content (AvgIpc) is 3.32. The molecule has 174 valence electrons. The average molecular weight is 454 g/mol. The summed E-state index contributed by atoms with van der Waals surface area (Å²) in [4.78, 5) is 13.2. The molecule has 11 nitrogen and oxygen atoms in total. The minimum absolute atomic E-state index is 0.222. The topological polar surface area (TPSA) is 148 Å². The highest BCUT2D eigenvalue weighted by molar-refractivity contribution is 5.79. The first-order valence-corrected chi connectivity index (χ1v) is 10.6. The van der Waals surface area contributed by atoms with Crippen molar-refractivity contribution < 1.29 is 24.4 Å². The maximum atomic E-state index is 10.6. The van der Waals surface area contributed by atoms with Crippen molar-refractivity contribution in [1.82, 2.24) is 19.5 Å². The molecule has 1 saturated heterocycles. The summed E-state index contributed by atoms with van der Waals surface area (Å²) in [5.74, 6) is 0.680. The summed E-state index contributed by atoms with van der Waals surface area (Å²) in [5, 5.41) is 33.0. The number of imidazole rings is 1. The maximum Gasteiger partial charge on any atom is 0.245 e. The van der Waals surface area contributed by atoms with E-state index in [0.29, 0.717) is 35.8 Å². The van der Waals surface area contributed by atoms with Crippen LogP contribution in [0, 0.1) is 11.3 Å². The molecular formula is C22H26N6O5. The quantitative estimate of drug-likeness (QED) is 0.405. The van der Waals surface area contributed by atoms with E-state index >= 15 is 0 Å². The molecule has 3 N–H and O–H groups in total. The van der Waals surface area contributed by atoms with Crippen LogP contribution in [0.2, 0.25) is 0 Å². The van der Waals surface area contributed by atoms with Crippen molar-refractivity contribution in [2.24, 2.45) is 0 Å². The standard InChI is InChI=1S/C22H26N6O5/c1-13-17(29)18(30)21(33-13)28-19-16(27-22(28)24-8-3-9-31-2)20(26-12-25-19)32-11-15-6-4-14(10-23)5-7-15/h4-7,12-13,17-18,21,29-30H,3,8-9,11H2,1-2H3,(H,24,27)/t13-,17-,18-,21-/m1/s1. The highest BCUT2D eigenvalue weighted by atomic mass is 16.6. The van der Waals surface area contributed by atoms with Gasteiger partial charge in [0.25, 0.3) is 0 Å². The smallest absolute Gasteiger partial charge is 0.245 e. The van der Waals surface area contributed by atoms with Crippen LogP contribution in [0.5, 0.6) is 5.88 Å². The number of fused-ring (bicyclic) bond motifs is 1. The van der Waals surface area contributed by atoms with Crippen LogP contribution < -0.4 is 10.1 Å². The molecule has 0 unspecified atom stereocenters. The lowest BCUT2D eigenvalue weighted by atomic mass is 10.1. The third-order valence-corrected chi connectivity index (χ3v) is 5.44. The third kappa shape index (κ3) is 4.74. The van der Waals surface area contributed by atoms with Crippen molar-refractivity contribution in [1.29, 1.82) is 5.26 Å². The van der Waals surface area contributed by atoms with E-state index in [0.717, 1.165) is 12.0 Å². The highest BCUT2D eigenvalue weighted by Crippen LogP contribution is 2.35. The number of nitrogens with zero attached hydrogens (tertiary/aromatic N) is 5. The predicted octanol–water partition coefficient (Wildman–Crippen LogP) is 1.36. The van der Waals surface area contributed by atoms with Crippen LogP contribution in [-0.2, 0) is 16.1 Å². The van der Waals surface area contributed by atoms with Gasteiger partial charge in [-0.2, -0.15) is 10.2 Å². The molecule has 4 rings (SSSR count). The van der Waals surface area contributed by atoms with Gasteiger partial charge in [0.2, 0.25) is 11.8 Å². The predicted molar refractivity (Wildman–Crippen MR) is 117 cm³/mol. The molecule has 1 aliphatic heterocycles. The van der Waals surface area contributed by atoms with Gasteiger partial charge in [-0.3, -0.25) is 4.57 Å². The zero-order valence-corrected chi connectivity index (χ0v) is 18.4. The number of aromatic nitrogens is 4. The van der Waals surface area contributed by atoms with Crippen LogP contribution in [0.1, 0.15) is 30.7 Å². The lowest BCUT2D eigenvalue weighted by Gasteiger charge is -2.19. The van der Waals surface area contributed by atoms with Gasteiger partial charge < -0.3 is 29.7 Å². The summed E-state index contributed by atoms with van der Waals surface area (Å²) in [6.07, 6.45) is -1.55. The summed E-state index contributed by atoms with van der Waals surface area (Å²) >= 11 is 0. The Morgan fingerprint density at radius 2 is 2.00 bits per heavy atom. The number of nitriles is 1. The summed E-state index contributed by atoms with van der Waals surface area (Å²) in [6.45, 7) is 3.05. The molecule has 3 aromatic rings. The SMILES string of the molecule is COCCCNc1nc2c(OCc3ccc(C#N)cc3)ncnc2n1[C@@H]1O[C@H](C)[C@@H](O)[C@H]1O. The molecule has 11 heteroatoms. The molecule has 4 atom stereocenters. The lowest BCUT2D eigenvalue weighted by Crippen LogP contribution is -2.31. The van der Waals surface area contributed by atoms with Crippen molar-refractivity contribution in [2.45, 2.75) is 44.5 Å². The molecule has 33 heavy (non-hydrogen) atoms. The second-order valence-corrected chi connectivity index (χ2v) is 7.74. The Kier molecular flexibility index (Phi) is 7.00. The highest BCUT2D eigenvalue weighted by Gasteiger charge is 2.43. The lowest BCUT2D eigenvalue weighted by molar-refractivity contribution is -0.0287. The minimum Gasteiger partial charge on any atom is -0.471 e. The molecule has 0 amide bonds. The maximum absolute atomic E-state index is 10.6. The van der Waals surface area contributed by atoms with Gasteiger partial charge in [-0.15, -0.1) is 0 Å². The Bertz CT molecular complexity index is 1130. The Balaban J connectivity index is 1.65. The van der Waals surface area contributed by atoms with Crippen LogP contribution in [0.4, 0.5) is 5.95 Å². The van der Waals surface area contributed by atoms with Gasteiger partial charge in [0.15, 0.2) is 17.4 Å². The molecule has 1 aromatic carbocycles. The van der Waals surface area contributed by atoms with Crippen LogP contribution >= 0.6 is 0 Å². The fraction of sp³-hybridized carbons (Fsp3) is 0.455. The fourth-order valence-corrected chi connectivity index (χ4v) is 3.64. The Morgan fingerprint density at radius 3 is 2.67 bits per heavy atom. The number of benzene rings is 1. The van der Waals surface area contributed by atoms with E-state index in [2.05, 4.69) is 26.3 Å². The van der Waals surface area contributed by atoms with Crippen LogP contribution in [0.25, 0.3) is 11.2 Å². The van der Waals surface area contributed by atoms with Gasteiger partial charge in [0.05, 0.1) is 17.7 Å². The van der Waals surface area contributed by atoms with E-state index in [-0.39, 0.29) is 12.5 Å². The van der Waals surface area contributed by atoms with Crippen LogP contribution in [0.15, 0.2) is 30.6 Å². The van der Waals surface area contributed by atoms with Crippen molar-refractivity contribution in [3.63, 3.8) is 0 Å². The first-order chi connectivity index (χ1) is 16.0. The second kappa shape index (κ2) is 10.1. The van der Waals surface area contributed by atoms with E-state index in [1.54, 1.807) is 30.7 Å². The van der Waals surface area contributed by atoms with E-state index in [1.807, 2.05) is 12.1 Å². The van der Waals surface area contributed by atoms with Crippen LogP contribution in [0.3, 0.4) is 0 Å². The van der Waals surface area contributed by atoms with E-state index in [9.17, 15) is 10.2 Å². The van der Waals surface area contributed by atoms with Crippen molar-refractivity contribution >= 4 is 17.1 Å². The van der Waals surface area contributed by atoms with Gasteiger partial charge in [0.1, 0.15) is 25.1 Å². The summed E-state index contributed by atoms with van der Waals surface area (Å²) < 4.78 is 18.5. The number of hydrogen-bond acceptors (Lipinski definition) is 10. The van der Waals surface area contributed by atoms with Gasteiger partial charge in [-0.05, 0) is 31.0 Å². The van der Waals surface area contributed by atoms with E-state index in [4.69, 9.17) is 19.5 Å². The fourth-order valence-electron chi connectivity index (χ4n) is 3.64. The van der Waals surface area contributed by atoms with Crippen LogP contribution in [-0.4, -0.2) is 68.3 Å². The molecule has 0 bridgehead atoms.